The molecule has 0 aromatic heterocycles. The molecule has 0 unspecified atom stereocenters. The average molecular weight is 75.9 g/mol. The zero-order valence-electron chi connectivity index (χ0n) is 2.97. The van der Waals surface area contributed by atoms with Crippen LogP contribution in [0.25, 0.3) is 0 Å². The van der Waals surface area contributed by atoms with Gasteiger partial charge in [0.05, 0.1) is 7.11 Å². The zero-order chi connectivity index (χ0) is 4.12. The van der Waals surface area contributed by atoms with Gasteiger partial charge in [-0.2, -0.15) is 0 Å². The summed E-state index contributed by atoms with van der Waals surface area (Å²) < 4.78 is 0. The highest BCUT2D eigenvalue weighted by Crippen LogP contribution is 1.57. The molecule has 0 radical (unpaired) electrons. The molecule has 0 saturated heterocycles. The van der Waals surface area contributed by atoms with Crippen molar-refractivity contribution in [3.05, 3.63) is 0 Å². The Bertz CT molecular complexity index is 14.4. The molecule has 0 fully saturated rings. The second-order valence-corrected chi connectivity index (χ2v) is 0.414. The Balaban J connectivity index is 2.19. The standard InChI is InChI=1S/CH5BO3/c1-4-5-2-3/h2-3H,1H3. The van der Waals surface area contributed by atoms with Gasteiger partial charge < -0.3 is 5.02 Å². The highest BCUT2D eigenvalue weighted by molar-refractivity contribution is 6.15. The van der Waals surface area contributed by atoms with E-state index in [-0.39, 0.29) is 7.69 Å². The van der Waals surface area contributed by atoms with E-state index in [1.54, 1.807) is 0 Å². The molecule has 0 rings (SSSR count). The van der Waals surface area contributed by atoms with Gasteiger partial charge in [0.15, 0.2) is 0 Å². The van der Waals surface area contributed by atoms with Crippen LogP contribution in [0.4, 0.5) is 0 Å². The maximum Gasteiger partial charge on any atom is 0.470 e. The van der Waals surface area contributed by atoms with E-state index >= 15 is 0 Å². The lowest BCUT2D eigenvalue weighted by atomic mass is 10.4. The normalized spacial score (nSPS) is 7.60. The van der Waals surface area contributed by atoms with Crippen LogP contribution in [0.2, 0.25) is 0 Å². The summed E-state index contributed by atoms with van der Waals surface area (Å²) in [5, 5.41) is 7.72. The summed E-state index contributed by atoms with van der Waals surface area (Å²) in [4.78, 5) is 7.83. The molecule has 5 heavy (non-hydrogen) atoms. The van der Waals surface area contributed by atoms with Crippen molar-refractivity contribution in [3.8, 4) is 0 Å². The lowest BCUT2D eigenvalue weighted by molar-refractivity contribution is -0.188. The minimum atomic E-state index is -0.378. The molecule has 0 aliphatic heterocycles. The summed E-state index contributed by atoms with van der Waals surface area (Å²) in [6, 6.07) is 0. The van der Waals surface area contributed by atoms with E-state index < -0.39 is 0 Å². The van der Waals surface area contributed by atoms with Gasteiger partial charge >= 0.3 is 7.69 Å². The van der Waals surface area contributed by atoms with Gasteiger partial charge in [0, 0.05) is 0 Å². The summed E-state index contributed by atoms with van der Waals surface area (Å²) in [6.45, 7) is 0. The predicted molar refractivity (Wildman–Crippen MR) is 17.5 cm³/mol. The average Bonchev–Trinajstić information content (AvgIpc) is 1.41. The van der Waals surface area contributed by atoms with E-state index in [0.717, 1.165) is 0 Å². The first-order valence-electron chi connectivity index (χ1n) is 1.18. The van der Waals surface area contributed by atoms with Crippen LogP contribution in [-0.4, -0.2) is 19.8 Å². The molecule has 0 amide bonds. The molecule has 0 heterocycles. The first kappa shape index (κ1) is 4.94. The summed E-state index contributed by atoms with van der Waals surface area (Å²) in [7, 11) is 0.951. The number of hydrogen-bond acceptors (Lipinski definition) is 3. The molecular formula is CH5BO3. The van der Waals surface area contributed by atoms with Crippen molar-refractivity contribution in [1.82, 2.24) is 0 Å². The third kappa shape index (κ3) is 3.94. The fraction of sp³-hybridized carbons (Fsp3) is 1.00. The Hall–Kier alpha value is -0.0551. The number of hydrogen-bond donors (Lipinski definition) is 1. The molecule has 0 aliphatic carbocycles. The molecule has 0 aromatic carbocycles. The first-order valence-corrected chi connectivity index (χ1v) is 1.18. The van der Waals surface area contributed by atoms with Crippen LogP contribution in [0.15, 0.2) is 0 Å². The Labute approximate surface area is 30.7 Å². The van der Waals surface area contributed by atoms with Gasteiger partial charge in [0.1, 0.15) is 0 Å². The van der Waals surface area contributed by atoms with Gasteiger partial charge in [-0.3, -0.25) is 9.69 Å². The summed E-state index contributed by atoms with van der Waals surface area (Å²) in [5.41, 5.74) is 0. The smallest absolute Gasteiger partial charge is 0.428 e. The van der Waals surface area contributed by atoms with Crippen molar-refractivity contribution in [3.63, 3.8) is 0 Å². The quantitative estimate of drug-likeness (QED) is 0.255. The third-order valence-electron chi connectivity index (χ3n) is 0.171. The lowest BCUT2D eigenvalue weighted by Crippen LogP contribution is -1.92. The molecular weight excluding hydrogens is 70.8 g/mol. The monoisotopic (exact) mass is 76.0 g/mol. The van der Waals surface area contributed by atoms with Crippen LogP contribution in [0, 0.1) is 0 Å². The molecule has 0 aliphatic rings. The third-order valence-corrected chi connectivity index (χ3v) is 0.171. The maximum absolute atomic E-state index is 7.72. The summed E-state index contributed by atoms with van der Waals surface area (Å²) in [6.07, 6.45) is 0. The minimum Gasteiger partial charge on any atom is -0.428 e. The van der Waals surface area contributed by atoms with Crippen LogP contribution in [0.1, 0.15) is 0 Å². The zero-order valence-corrected chi connectivity index (χ0v) is 2.97. The second kappa shape index (κ2) is 3.94. The Morgan fingerprint density at radius 2 is 2.40 bits per heavy atom. The SMILES string of the molecule is COOBO. The van der Waals surface area contributed by atoms with Crippen molar-refractivity contribution in [2.75, 3.05) is 7.11 Å². The van der Waals surface area contributed by atoms with Crippen molar-refractivity contribution in [2.24, 2.45) is 0 Å². The van der Waals surface area contributed by atoms with Gasteiger partial charge in [-0.25, -0.2) is 0 Å². The van der Waals surface area contributed by atoms with E-state index in [4.69, 9.17) is 5.02 Å². The Kier molecular flexibility index (Phi) is 3.90. The van der Waals surface area contributed by atoms with Gasteiger partial charge in [-0.15, -0.1) is 0 Å². The van der Waals surface area contributed by atoms with E-state index in [2.05, 4.69) is 9.69 Å². The topological polar surface area (TPSA) is 38.7 Å². The highest BCUT2D eigenvalue weighted by Gasteiger charge is 1.73. The van der Waals surface area contributed by atoms with Crippen molar-refractivity contribution >= 4 is 7.69 Å². The van der Waals surface area contributed by atoms with Crippen LogP contribution in [0.3, 0.4) is 0 Å². The molecule has 30 valence electrons. The van der Waals surface area contributed by atoms with Crippen molar-refractivity contribution in [2.45, 2.75) is 0 Å². The highest BCUT2D eigenvalue weighted by atomic mass is 17.2. The van der Waals surface area contributed by atoms with Gasteiger partial charge in [-0.1, -0.05) is 0 Å². The van der Waals surface area contributed by atoms with E-state index in [1.807, 2.05) is 0 Å². The molecule has 0 atom stereocenters. The predicted octanol–water partition coefficient (Wildman–Crippen LogP) is -1.18. The summed E-state index contributed by atoms with van der Waals surface area (Å²) >= 11 is 0. The fourth-order valence-electron chi connectivity index (χ4n) is 0.0527. The molecule has 0 spiro atoms. The lowest BCUT2D eigenvalue weighted by Gasteiger charge is -1.84. The molecule has 0 bridgehead atoms. The molecule has 0 saturated carbocycles. The Morgan fingerprint density at radius 3 is 2.40 bits per heavy atom. The van der Waals surface area contributed by atoms with E-state index in [1.165, 1.54) is 7.11 Å². The molecule has 3 nitrogen and oxygen atoms in total. The van der Waals surface area contributed by atoms with Gasteiger partial charge in [-0.05, 0) is 0 Å². The maximum atomic E-state index is 7.72. The van der Waals surface area contributed by atoms with Crippen molar-refractivity contribution in [1.29, 1.82) is 0 Å². The van der Waals surface area contributed by atoms with Crippen LogP contribution in [-0.2, 0) is 9.69 Å². The van der Waals surface area contributed by atoms with Crippen LogP contribution < -0.4 is 0 Å². The molecule has 1 N–H and O–H groups in total. The number of rotatable bonds is 2. The van der Waals surface area contributed by atoms with Gasteiger partial charge in [0.2, 0.25) is 0 Å². The minimum absolute atomic E-state index is 0.378. The summed E-state index contributed by atoms with van der Waals surface area (Å²) in [5.74, 6) is 0. The largest absolute Gasteiger partial charge is 0.470 e. The fourth-order valence-corrected chi connectivity index (χ4v) is 0.0527. The van der Waals surface area contributed by atoms with Crippen molar-refractivity contribution < 1.29 is 14.7 Å². The second-order valence-electron chi connectivity index (χ2n) is 0.414. The van der Waals surface area contributed by atoms with E-state index in [9.17, 15) is 0 Å². The van der Waals surface area contributed by atoms with Crippen LogP contribution in [0.5, 0.6) is 0 Å². The first-order chi connectivity index (χ1) is 2.41. The van der Waals surface area contributed by atoms with Gasteiger partial charge in [0.25, 0.3) is 0 Å². The molecule has 4 heteroatoms. The van der Waals surface area contributed by atoms with E-state index in [0.29, 0.717) is 0 Å². The van der Waals surface area contributed by atoms with Crippen LogP contribution >= 0.6 is 0 Å². The molecule has 0 aromatic rings. The Morgan fingerprint density at radius 1 is 1.80 bits per heavy atom.